The van der Waals surface area contributed by atoms with Gasteiger partial charge < -0.3 is 9.64 Å². The largest absolute Gasteiger partial charge is 0.494 e. The highest BCUT2D eigenvalue weighted by molar-refractivity contribution is 5.79. The van der Waals surface area contributed by atoms with Crippen molar-refractivity contribution < 1.29 is 9.53 Å². The Bertz CT molecular complexity index is 1210. The first-order valence-electron chi connectivity index (χ1n) is 12.6. The fourth-order valence-corrected chi connectivity index (χ4v) is 4.16. The number of aromatic nitrogens is 2. The summed E-state index contributed by atoms with van der Waals surface area (Å²) in [5, 5.41) is 0.548. The third-order valence-corrected chi connectivity index (χ3v) is 6.00. The van der Waals surface area contributed by atoms with E-state index in [1.165, 1.54) is 0 Å². The molecule has 1 atom stereocenters. The van der Waals surface area contributed by atoms with E-state index in [1.807, 2.05) is 61.2 Å². The van der Waals surface area contributed by atoms with Crippen LogP contribution in [0.4, 0.5) is 0 Å². The molecular formula is C29H39N3O3. The van der Waals surface area contributed by atoms with E-state index < -0.39 is 0 Å². The number of amides is 1. The molecule has 1 aromatic heterocycles. The van der Waals surface area contributed by atoms with Gasteiger partial charge in [0.15, 0.2) is 0 Å². The van der Waals surface area contributed by atoms with Crippen molar-refractivity contribution in [2.45, 2.75) is 67.3 Å². The maximum atomic E-state index is 13.7. The van der Waals surface area contributed by atoms with Crippen molar-refractivity contribution in [2.75, 3.05) is 13.2 Å². The lowest BCUT2D eigenvalue weighted by molar-refractivity contribution is -0.135. The van der Waals surface area contributed by atoms with Crippen LogP contribution in [0.2, 0.25) is 0 Å². The zero-order valence-corrected chi connectivity index (χ0v) is 22.2. The lowest BCUT2D eigenvalue weighted by atomic mass is 9.91. The van der Waals surface area contributed by atoms with Crippen LogP contribution in [-0.2, 0) is 4.79 Å². The SMILES string of the molecule is CCOc1ccc(-n2c(C(C)N(CCC(C)C)C(=O)CC(C)(C)C)nc3ccccc3c2=O)cc1. The summed E-state index contributed by atoms with van der Waals surface area (Å²) >= 11 is 0. The van der Waals surface area contributed by atoms with Gasteiger partial charge in [-0.15, -0.1) is 0 Å². The highest BCUT2D eigenvalue weighted by Crippen LogP contribution is 2.28. The minimum Gasteiger partial charge on any atom is -0.494 e. The van der Waals surface area contributed by atoms with Crippen LogP contribution >= 0.6 is 0 Å². The highest BCUT2D eigenvalue weighted by atomic mass is 16.5. The molecular weight excluding hydrogens is 438 g/mol. The monoisotopic (exact) mass is 477 g/mol. The van der Waals surface area contributed by atoms with E-state index in [0.29, 0.717) is 47.9 Å². The van der Waals surface area contributed by atoms with E-state index in [4.69, 9.17) is 9.72 Å². The number of ether oxygens (including phenoxy) is 1. The second-order valence-electron chi connectivity index (χ2n) is 10.7. The molecule has 3 aromatic rings. The smallest absolute Gasteiger partial charge is 0.266 e. The molecule has 0 bridgehead atoms. The molecule has 0 N–H and O–H groups in total. The summed E-state index contributed by atoms with van der Waals surface area (Å²) in [5.41, 5.74) is 1.05. The lowest BCUT2D eigenvalue weighted by Gasteiger charge is -2.33. The maximum Gasteiger partial charge on any atom is 0.266 e. The normalized spacial score (nSPS) is 12.7. The van der Waals surface area contributed by atoms with Crippen molar-refractivity contribution in [2.24, 2.45) is 11.3 Å². The zero-order chi connectivity index (χ0) is 25.8. The molecule has 0 aliphatic carbocycles. The molecule has 2 aromatic carbocycles. The van der Waals surface area contributed by atoms with Gasteiger partial charge >= 0.3 is 0 Å². The van der Waals surface area contributed by atoms with Gasteiger partial charge in [-0.2, -0.15) is 0 Å². The standard InChI is InChI=1S/C29H39N3O3/c1-8-35-23-15-13-22(14-16-23)32-27(30-25-12-10-9-11-24(25)28(32)34)21(4)31(18-17-20(2)3)26(33)19-29(5,6)7/h9-16,20-21H,8,17-19H2,1-7H3. The van der Waals surface area contributed by atoms with E-state index in [9.17, 15) is 9.59 Å². The number of fused-ring (bicyclic) bond motifs is 1. The number of hydrogen-bond donors (Lipinski definition) is 0. The first kappa shape index (κ1) is 26.5. The molecule has 0 radical (unpaired) electrons. The predicted octanol–water partition coefficient (Wildman–Crippen LogP) is 6.16. The van der Waals surface area contributed by atoms with Gasteiger partial charge in [0.05, 0.1) is 29.2 Å². The van der Waals surface area contributed by atoms with Crippen LogP contribution < -0.4 is 10.3 Å². The fraction of sp³-hybridized carbons (Fsp3) is 0.483. The molecule has 1 heterocycles. The van der Waals surface area contributed by atoms with Gasteiger partial charge in [0.2, 0.25) is 5.91 Å². The first-order valence-corrected chi connectivity index (χ1v) is 12.6. The summed E-state index contributed by atoms with van der Waals surface area (Å²) in [6.07, 6.45) is 1.30. The van der Waals surface area contributed by atoms with Crippen molar-refractivity contribution in [3.8, 4) is 11.4 Å². The second kappa shape index (κ2) is 11.1. The summed E-state index contributed by atoms with van der Waals surface area (Å²) in [6.45, 7) is 15.6. The lowest BCUT2D eigenvalue weighted by Crippen LogP contribution is -2.39. The minimum atomic E-state index is -0.382. The Labute approximate surface area is 208 Å². The van der Waals surface area contributed by atoms with Gasteiger partial charge in [0.25, 0.3) is 5.56 Å². The topological polar surface area (TPSA) is 64.4 Å². The molecule has 1 unspecified atom stereocenters. The summed E-state index contributed by atoms with van der Waals surface area (Å²) in [5.74, 6) is 1.83. The van der Waals surface area contributed by atoms with Crippen LogP contribution in [0, 0.1) is 11.3 Å². The van der Waals surface area contributed by atoms with Crippen LogP contribution in [0.5, 0.6) is 5.75 Å². The van der Waals surface area contributed by atoms with Crippen molar-refractivity contribution in [3.63, 3.8) is 0 Å². The van der Waals surface area contributed by atoms with Crippen LogP contribution in [0.1, 0.15) is 73.2 Å². The predicted molar refractivity (Wildman–Crippen MR) is 142 cm³/mol. The quantitative estimate of drug-likeness (QED) is 0.370. The Morgan fingerprint density at radius 1 is 1.06 bits per heavy atom. The molecule has 0 saturated heterocycles. The first-order chi connectivity index (χ1) is 16.5. The van der Waals surface area contributed by atoms with Crippen LogP contribution in [-0.4, -0.2) is 33.5 Å². The van der Waals surface area contributed by atoms with Crippen LogP contribution in [0.15, 0.2) is 53.3 Å². The molecule has 35 heavy (non-hydrogen) atoms. The molecule has 188 valence electrons. The zero-order valence-electron chi connectivity index (χ0n) is 22.2. The third kappa shape index (κ3) is 6.50. The Morgan fingerprint density at radius 2 is 1.71 bits per heavy atom. The molecule has 0 aliphatic rings. The molecule has 0 fully saturated rings. The number of carbonyl (C=O) groups is 1. The van der Waals surface area contributed by atoms with Gasteiger partial charge in [-0.3, -0.25) is 14.2 Å². The maximum absolute atomic E-state index is 13.7. The van der Waals surface area contributed by atoms with Gasteiger partial charge in [-0.25, -0.2) is 4.98 Å². The number of hydrogen-bond acceptors (Lipinski definition) is 4. The molecule has 0 aliphatic heterocycles. The summed E-state index contributed by atoms with van der Waals surface area (Å²) in [7, 11) is 0. The summed E-state index contributed by atoms with van der Waals surface area (Å²) in [6, 6.07) is 14.4. The summed E-state index contributed by atoms with van der Waals surface area (Å²) in [4.78, 5) is 34.1. The van der Waals surface area contributed by atoms with Crippen LogP contribution in [0.3, 0.4) is 0 Å². The van der Waals surface area contributed by atoms with E-state index in [1.54, 1.807) is 10.6 Å². The van der Waals surface area contributed by atoms with E-state index in [0.717, 1.165) is 12.2 Å². The molecule has 0 saturated carbocycles. The van der Waals surface area contributed by atoms with Crippen molar-refractivity contribution in [3.05, 3.63) is 64.7 Å². The van der Waals surface area contributed by atoms with Crippen molar-refractivity contribution in [1.82, 2.24) is 14.5 Å². The van der Waals surface area contributed by atoms with Gasteiger partial charge in [0, 0.05) is 13.0 Å². The molecule has 1 amide bonds. The molecule has 3 rings (SSSR count). The van der Waals surface area contributed by atoms with Gasteiger partial charge in [-0.1, -0.05) is 46.8 Å². The van der Waals surface area contributed by atoms with Gasteiger partial charge in [-0.05, 0) is 68.0 Å². The molecule has 0 spiro atoms. The average Bonchev–Trinajstić information content (AvgIpc) is 2.78. The Hall–Kier alpha value is -3.15. The minimum absolute atomic E-state index is 0.0753. The highest BCUT2D eigenvalue weighted by Gasteiger charge is 2.29. The number of carbonyl (C=O) groups excluding carboxylic acids is 1. The Morgan fingerprint density at radius 3 is 2.31 bits per heavy atom. The number of nitrogens with zero attached hydrogens (tertiary/aromatic N) is 3. The van der Waals surface area contributed by atoms with Gasteiger partial charge in [0.1, 0.15) is 11.6 Å². The number of benzene rings is 2. The Balaban J connectivity index is 2.17. The molecule has 6 heteroatoms. The molecule has 6 nitrogen and oxygen atoms in total. The van der Waals surface area contributed by atoms with E-state index >= 15 is 0 Å². The fourth-order valence-electron chi connectivity index (χ4n) is 4.16. The number of rotatable bonds is 9. The summed E-state index contributed by atoms with van der Waals surface area (Å²) < 4.78 is 7.24. The van der Waals surface area contributed by atoms with E-state index in [2.05, 4.69) is 34.6 Å². The van der Waals surface area contributed by atoms with Crippen LogP contribution in [0.25, 0.3) is 16.6 Å². The second-order valence-corrected chi connectivity index (χ2v) is 10.7. The number of para-hydroxylation sites is 1. The van der Waals surface area contributed by atoms with Crippen molar-refractivity contribution >= 4 is 16.8 Å². The third-order valence-electron chi connectivity index (χ3n) is 6.00. The average molecular weight is 478 g/mol. The Kier molecular flexibility index (Phi) is 8.36. The van der Waals surface area contributed by atoms with Crippen molar-refractivity contribution in [1.29, 1.82) is 0 Å². The van der Waals surface area contributed by atoms with E-state index in [-0.39, 0.29) is 22.9 Å².